The quantitative estimate of drug-likeness (QED) is 0.885. The van der Waals surface area contributed by atoms with Crippen LogP contribution in [0.4, 0.5) is 0 Å². The summed E-state index contributed by atoms with van der Waals surface area (Å²) in [5.41, 5.74) is 3.67. The molecule has 0 saturated carbocycles. The van der Waals surface area contributed by atoms with E-state index < -0.39 is 0 Å². The molecule has 6 nitrogen and oxygen atoms in total. The fourth-order valence-electron chi connectivity index (χ4n) is 3.78. The number of rotatable bonds is 5. The highest BCUT2D eigenvalue weighted by Crippen LogP contribution is 2.34. The van der Waals surface area contributed by atoms with Crippen molar-refractivity contribution in [2.75, 3.05) is 13.1 Å². The minimum absolute atomic E-state index is 0.159. The number of carbonyl (C=O) groups is 1. The number of likely N-dealkylation sites (tertiary alicyclic amines) is 1. The molecule has 0 unspecified atom stereocenters. The molecule has 2 aliphatic heterocycles. The maximum absolute atomic E-state index is 12.4. The molecule has 1 aromatic carbocycles. The summed E-state index contributed by atoms with van der Waals surface area (Å²) in [5, 5.41) is 7.00. The van der Waals surface area contributed by atoms with E-state index in [9.17, 15) is 4.79 Å². The Kier molecular flexibility index (Phi) is 4.90. The highest BCUT2D eigenvalue weighted by Gasteiger charge is 2.46. The Hall–Kier alpha value is -2.73. The smallest absolute Gasteiger partial charge is 0.269 e. The van der Waals surface area contributed by atoms with Gasteiger partial charge in [-0.3, -0.25) is 14.7 Å². The fraction of sp³-hybridized carbons (Fsp3) is 0.381. The summed E-state index contributed by atoms with van der Waals surface area (Å²) in [6, 6.07) is 12.4. The van der Waals surface area contributed by atoms with Gasteiger partial charge in [-0.05, 0) is 24.1 Å². The molecule has 0 aliphatic carbocycles. The highest BCUT2D eigenvalue weighted by atomic mass is 16.7. The van der Waals surface area contributed by atoms with E-state index in [0.29, 0.717) is 18.7 Å². The zero-order valence-corrected chi connectivity index (χ0v) is 15.5. The molecule has 6 heteroatoms. The number of pyridine rings is 1. The number of hydrogen-bond donors (Lipinski definition) is 1. The molecular weight excluding hydrogens is 340 g/mol. The molecular formula is C21H24N4O2. The predicted octanol–water partition coefficient (Wildman–Crippen LogP) is 2.43. The van der Waals surface area contributed by atoms with Gasteiger partial charge in [0.05, 0.1) is 0 Å². The minimum atomic E-state index is -0.356. The number of nitrogens with one attached hydrogen (secondary N) is 1. The first kappa shape index (κ1) is 17.7. The summed E-state index contributed by atoms with van der Waals surface area (Å²) in [7, 11) is 0. The van der Waals surface area contributed by atoms with Gasteiger partial charge in [0, 0.05) is 51.4 Å². The molecule has 3 heterocycles. The van der Waals surface area contributed by atoms with Crippen molar-refractivity contribution < 1.29 is 9.63 Å². The van der Waals surface area contributed by atoms with Crippen LogP contribution in [0.5, 0.6) is 0 Å². The summed E-state index contributed by atoms with van der Waals surface area (Å²) in [5.74, 6) is -0.159. The number of carbonyl (C=O) groups excluding carboxylic acids is 1. The molecule has 27 heavy (non-hydrogen) atoms. The number of aromatic nitrogens is 1. The summed E-state index contributed by atoms with van der Waals surface area (Å²) in [6.45, 7) is 5.20. The van der Waals surface area contributed by atoms with Gasteiger partial charge in [0.1, 0.15) is 5.71 Å². The van der Waals surface area contributed by atoms with Crippen LogP contribution in [0.15, 0.2) is 53.9 Å². The van der Waals surface area contributed by atoms with Crippen LogP contribution in [0.25, 0.3) is 0 Å². The topological polar surface area (TPSA) is 66.8 Å². The normalized spacial score (nSPS) is 21.9. The minimum Gasteiger partial charge on any atom is -0.387 e. The van der Waals surface area contributed by atoms with Gasteiger partial charge in [-0.15, -0.1) is 0 Å². The van der Waals surface area contributed by atoms with Gasteiger partial charge in [0.15, 0.2) is 5.60 Å². The molecule has 140 valence electrons. The lowest BCUT2D eigenvalue weighted by molar-refractivity contribution is -0.115. The molecule has 4 rings (SSSR count). The Morgan fingerprint density at radius 2 is 2.19 bits per heavy atom. The van der Waals surface area contributed by atoms with Crippen molar-refractivity contribution >= 4 is 11.6 Å². The van der Waals surface area contributed by atoms with Gasteiger partial charge in [-0.25, -0.2) is 0 Å². The number of oxime groups is 1. The molecule has 1 fully saturated rings. The van der Waals surface area contributed by atoms with E-state index in [1.165, 1.54) is 11.1 Å². The van der Waals surface area contributed by atoms with E-state index in [1.54, 1.807) is 12.4 Å². The molecule has 1 atom stereocenters. The number of hydrogen-bond acceptors (Lipinski definition) is 5. The largest absolute Gasteiger partial charge is 0.387 e. The lowest BCUT2D eigenvalue weighted by atomic mass is 9.96. The van der Waals surface area contributed by atoms with Crippen LogP contribution in [-0.2, 0) is 22.7 Å². The van der Waals surface area contributed by atoms with Crippen LogP contribution >= 0.6 is 0 Å². The second-order valence-corrected chi connectivity index (χ2v) is 7.48. The van der Waals surface area contributed by atoms with Crippen LogP contribution in [0.3, 0.4) is 0 Å². The van der Waals surface area contributed by atoms with E-state index in [2.05, 4.69) is 51.5 Å². The third-order valence-corrected chi connectivity index (χ3v) is 5.16. The number of amides is 1. The second kappa shape index (κ2) is 7.48. The first-order valence-corrected chi connectivity index (χ1v) is 9.32. The van der Waals surface area contributed by atoms with E-state index >= 15 is 0 Å². The molecule has 1 N–H and O–H groups in total. The van der Waals surface area contributed by atoms with Crippen molar-refractivity contribution in [3.63, 3.8) is 0 Å². The van der Waals surface area contributed by atoms with E-state index in [1.807, 2.05) is 12.1 Å². The predicted molar refractivity (Wildman–Crippen MR) is 103 cm³/mol. The molecule has 0 radical (unpaired) electrons. The van der Waals surface area contributed by atoms with Crippen LogP contribution < -0.4 is 5.32 Å². The first-order chi connectivity index (χ1) is 13.1. The number of aryl methyl sites for hydroxylation is 1. The van der Waals surface area contributed by atoms with Crippen LogP contribution in [0, 0.1) is 6.92 Å². The van der Waals surface area contributed by atoms with Gasteiger partial charge in [-0.1, -0.05) is 41.1 Å². The standard InChI is InChI=1S/C21H24N4O2/c1-16-4-2-5-17(10-16)14-25-9-7-21(15-25)11-19(24-27-21)20(26)23-13-18-6-3-8-22-12-18/h2-6,8,10,12H,7,9,11,13-15H2,1H3,(H,23,26)/t21-/m0/s1. The van der Waals surface area contributed by atoms with Gasteiger partial charge >= 0.3 is 0 Å². The van der Waals surface area contributed by atoms with Crippen LogP contribution in [0.1, 0.15) is 29.5 Å². The first-order valence-electron chi connectivity index (χ1n) is 9.32. The van der Waals surface area contributed by atoms with E-state index in [4.69, 9.17) is 4.84 Å². The van der Waals surface area contributed by atoms with Crippen LogP contribution in [0.2, 0.25) is 0 Å². The molecule has 1 amide bonds. The van der Waals surface area contributed by atoms with Crippen molar-refractivity contribution in [1.29, 1.82) is 0 Å². The Morgan fingerprint density at radius 1 is 1.30 bits per heavy atom. The molecule has 1 spiro atoms. The van der Waals surface area contributed by atoms with Gasteiger partial charge < -0.3 is 10.2 Å². The van der Waals surface area contributed by atoms with Crippen molar-refractivity contribution in [1.82, 2.24) is 15.2 Å². The Bertz CT molecular complexity index is 852. The van der Waals surface area contributed by atoms with Gasteiger partial charge in [0.25, 0.3) is 5.91 Å². The average molecular weight is 364 g/mol. The highest BCUT2D eigenvalue weighted by molar-refractivity contribution is 6.39. The Morgan fingerprint density at radius 3 is 3.00 bits per heavy atom. The molecule has 1 aromatic heterocycles. The summed E-state index contributed by atoms with van der Waals surface area (Å²) < 4.78 is 0. The number of nitrogens with zero attached hydrogens (tertiary/aromatic N) is 3. The lowest BCUT2D eigenvalue weighted by Crippen LogP contribution is -2.36. The zero-order chi connectivity index (χ0) is 18.7. The SMILES string of the molecule is Cc1cccc(CN2CC[C@]3(CC(C(=O)NCc4cccnc4)=NO3)C2)c1. The van der Waals surface area contributed by atoms with Gasteiger partial charge in [0.2, 0.25) is 0 Å². The molecule has 2 aliphatic rings. The Balaban J connectivity index is 1.30. The molecule has 1 saturated heterocycles. The van der Waals surface area contributed by atoms with E-state index in [0.717, 1.165) is 31.6 Å². The van der Waals surface area contributed by atoms with Crippen LogP contribution in [-0.4, -0.2) is 40.2 Å². The average Bonchev–Trinajstić information content (AvgIpc) is 3.27. The van der Waals surface area contributed by atoms with Gasteiger partial charge in [-0.2, -0.15) is 0 Å². The second-order valence-electron chi connectivity index (χ2n) is 7.48. The summed E-state index contributed by atoms with van der Waals surface area (Å²) in [6.07, 6.45) is 4.92. The van der Waals surface area contributed by atoms with Crippen molar-refractivity contribution in [2.45, 2.75) is 38.5 Å². The third-order valence-electron chi connectivity index (χ3n) is 5.16. The van der Waals surface area contributed by atoms with Crippen molar-refractivity contribution in [2.24, 2.45) is 5.16 Å². The summed E-state index contributed by atoms with van der Waals surface area (Å²) >= 11 is 0. The number of benzene rings is 1. The van der Waals surface area contributed by atoms with Crippen molar-refractivity contribution in [3.05, 3.63) is 65.5 Å². The fourth-order valence-corrected chi connectivity index (χ4v) is 3.78. The maximum atomic E-state index is 12.4. The molecule has 2 aromatic rings. The maximum Gasteiger partial charge on any atom is 0.269 e. The zero-order valence-electron chi connectivity index (χ0n) is 15.5. The third kappa shape index (κ3) is 4.17. The Labute approximate surface area is 159 Å². The van der Waals surface area contributed by atoms with Crippen molar-refractivity contribution in [3.8, 4) is 0 Å². The summed E-state index contributed by atoms with van der Waals surface area (Å²) in [4.78, 5) is 24.6. The van der Waals surface area contributed by atoms with E-state index in [-0.39, 0.29) is 11.5 Å². The lowest BCUT2D eigenvalue weighted by Gasteiger charge is -2.21. The molecule has 0 bridgehead atoms. The monoisotopic (exact) mass is 364 g/mol.